The van der Waals surface area contributed by atoms with Gasteiger partial charge in [-0.15, -0.1) is 0 Å². The molecule has 1 aliphatic heterocycles. The van der Waals surface area contributed by atoms with Crippen LogP contribution in [0, 0.1) is 5.92 Å². The normalized spacial score (nSPS) is 18.0. The van der Waals surface area contributed by atoms with Crippen molar-refractivity contribution in [2.45, 2.75) is 19.4 Å². The van der Waals surface area contributed by atoms with Gasteiger partial charge in [0.15, 0.2) is 0 Å². The summed E-state index contributed by atoms with van der Waals surface area (Å²) in [5.74, 6) is 1.26. The van der Waals surface area contributed by atoms with Crippen molar-refractivity contribution in [3.05, 3.63) is 47.2 Å². The number of nitrogens with one attached hydrogen (secondary N) is 1. The number of aliphatic hydroxyl groups is 1. The first-order valence-electron chi connectivity index (χ1n) is 7.92. The summed E-state index contributed by atoms with van der Waals surface area (Å²) in [4.78, 5) is 11.0. The van der Waals surface area contributed by atoms with Crippen LogP contribution in [0.1, 0.15) is 18.5 Å². The number of aliphatic hydroxyl groups excluding tert-OH is 1. The molecule has 1 fully saturated rings. The van der Waals surface area contributed by atoms with Crippen molar-refractivity contribution < 1.29 is 5.11 Å². The van der Waals surface area contributed by atoms with Crippen LogP contribution in [-0.4, -0.2) is 34.7 Å². The third-order valence-electron chi connectivity index (χ3n) is 4.10. The fraction of sp³-hybridized carbons (Fsp3) is 0.412. The van der Waals surface area contributed by atoms with Gasteiger partial charge in [0.25, 0.3) is 0 Å². The van der Waals surface area contributed by atoms with E-state index in [-0.39, 0.29) is 6.61 Å². The van der Waals surface area contributed by atoms with Crippen LogP contribution in [0.3, 0.4) is 0 Å². The lowest BCUT2D eigenvalue weighted by atomic mass is 9.98. The van der Waals surface area contributed by atoms with Crippen LogP contribution in [0.2, 0.25) is 5.02 Å². The van der Waals surface area contributed by atoms with Crippen molar-refractivity contribution in [3.8, 4) is 0 Å². The van der Waals surface area contributed by atoms with Crippen LogP contribution in [0.5, 0.6) is 0 Å². The summed E-state index contributed by atoms with van der Waals surface area (Å²) in [5.41, 5.74) is 1.75. The van der Waals surface area contributed by atoms with Gasteiger partial charge in [0.2, 0.25) is 5.95 Å². The van der Waals surface area contributed by atoms with Gasteiger partial charge in [-0.3, -0.25) is 0 Å². The predicted octanol–water partition coefficient (Wildman–Crippen LogP) is 2.95. The van der Waals surface area contributed by atoms with Crippen molar-refractivity contribution in [2.24, 2.45) is 5.92 Å². The van der Waals surface area contributed by atoms with Crippen molar-refractivity contribution >= 4 is 23.2 Å². The second kappa shape index (κ2) is 7.62. The SMILES string of the molecule is OCc1ccnc(N2CCCC(CNc3ccc(Cl)cc3)C2)n1. The molecule has 1 unspecified atom stereocenters. The summed E-state index contributed by atoms with van der Waals surface area (Å²) < 4.78 is 0. The van der Waals surface area contributed by atoms with E-state index in [1.54, 1.807) is 12.3 Å². The number of piperidine rings is 1. The maximum Gasteiger partial charge on any atom is 0.225 e. The Kier molecular flexibility index (Phi) is 5.31. The Morgan fingerprint density at radius 1 is 1.26 bits per heavy atom. The van der Waals surface area contributed by atoms with Crippen LogP contribution < -0.4 is 10.2 Å². The van der Waals surface area contributed by atoms with Gasteiger partial charge < -0.3 is 15.3 Å². The zero-order valence-corrected chi connectivity index (χ0v) is 13.7. The predicted molar refractivity (Wildman–Crippen MR) is 92.8 cm³/mol. The molecule has 1 aromatic heterocycles. The van der Waals surface area contributed by atoms with E-state index in [1.165, 1.54) is 6.42 Å². The van der Waals surface area contributed by atoms with E-state index < -0.39 is 0 Å². The first-order valence-corrected chi connectivity index (χ1v) is 8.29. The Morgan fingerprint density at radius 3 is 2.87 bits per heavy atom. The molecule has 1 saturated heterocycles. The first kappa shape index (κ1) is 16.0. The van der Waals surface area contributed by atoms with E-state index in [0.717, 1.165) is 36.8 Å². The molecule has 0 radical (unpaired) electrons. The summed E-state index contributed by atoms with van der Waals surface area (Å²) in [7, 11) is 0. The number of benzene rings is 1. The molecule has 0 saturated carbocycles. The number of halogens is 1. The summed E-state index contributed by atoms with van der Waals surface area (Å²) in [5, 5.41) is 13.4. The summed E-state index contributed by atoms with van der Waals surface area (Å²) >= 11 is 5.91. The summed E-state index contributed by atoms with van der Waals surface area (Å²) in [6.07, 6.45) is 4.03. The molecule has 6 heteroatoms. The maximum atomic E-state index is 9.21. The Labute approximate surface area is 141 Å². The van der Waals surface area contributed by atoms with E-state index in [0.29, 0.717) is 17.6 Å². The highest BCUT2D eigenvalue weighted by Crippen LogP contribution is 2.21. The molecule has 1 aliphatic rings. The number of aromatic nitrogens is 2. The quantitative estimate of drug-likeness (QED) is 0.881. The molecule has 23 heavy (non-hydrogen) atoms. The lowest BCUT2D eigenvalue weighted by molar-refractivity contribution is 0.276. The van der Waals surface area contributed by atoms with Gasteiger partial charge >= 0.3 is 0 Å². The van der Waals surface area contributed by atoms with Gasteiger partial charge in [-0.2, -0.15) is 0 Å². The lowest BCUT2D eigenvalue weighted by Gasteiger charge is -2.33. The van der Waals surface area contributed by atoms with Crippen LogP contribution in [0.25, 0.3) is 0 Å². The zero-order valence-electron chi connectivity index (χ0n) is 13.0. The number of rotatable bonds is 5. The smallest absolute Gasteiger partial charge is 0.225 e. The Hall–Kier alpha value is -1.85. The van der Waals surface area contributed by atoms with E-state index in [9.17, 15) is 5.11 Å². The summed E-state index contributed by atoms with van der Waals surface area (Å²) in [6.45, 7) is 2.75. The molecule has 1 aromatic carbocycles. The molecule has 3 rings (SSSR count). The average Bonchev–Trinajstić information content (AvgIpc) is 2.61. The Balaban J connectivity index is 1.58. The largest absolute Gasteiger partial charge is 0.390 e. The molecular weight excluding hydrogens is 312 g/mol. The second-order valence-electron chi connectivity index (χ2n) is 5.85. The third kappa shape index (κ3) is 4.33. The van der Waals surface area contributed by atoms with E-state index >= 15 is 0 Å². The van der Waals surface area contributed by atoms with Gasteiger partial charge in [-0.1, -0.05) is 11.6 Å². The molecule has 5 nitrogen and oxygen atoms in total. The molecule has 0 aliphatic carbocycles. The highest BCUT2D eigenvalue weighted by atomic mass is 35.5. The van der Waals surface area contributed by atoms with Gasteiger partial charge in [0.05, 0.1) is 12.3 Å². The van der Waals surface area contributed by atoms with E-state index in [4.69, 9.17) is 11.6 Å². The number of anilines is 2. The van der Waals surface area contributed by atoms with Crippen LogP contribution >= 0.6 is 11.6 Å². The van der Waals surface area contributed by atoms with Crippen molar-refractivity contribution in [3.63, 3.8) is 0 Å². The van der Waals surface area contributed by atoms with Crippen LogP contribution in [0.15, 0.2) is 36.5 Å². The molecule has 0 spiro atoms. The summed E-state index contributed by atoms with van der Waals surface area (Å²) in [6, 6.07) is 9.52. The standard InChI is InChI=1S/C17H21ClN4O/c18-14-3-5-15(6-4-14)20-10-13-2-1-9-22(11-13)17-19-8-7-16(12-23)21-17/h3-8,13,20,23H,1-2,9-12H2. The van der Waals surface area contributed by atoms with E-state index in [2.05, 4.69) is 20.2 Å². The minimum atomic E-state index is -0.0507. The first-order chi connectivity index (χ1) is 11.2. The number of nitrogens with zero attached hydrogens (tertiary/aromatic N) is 3. The Morgan fingerprint density at radius 2 is 2.09 bits per heavy atom. The number of hydrogen-bond acceptors (Lipinski definition) is 5. The van der Waals surface area contributed by atoms with Gasteiger partial charge in [-0.05, 0) is 49.1 Å². The molecule has 1 atom stereocenters. The number of hydrogen-bond donors (Lipinski definition) is 2. The minimum Gasteiger partial charge on any atom is -0.390 e. The van der Waals surface area contributed by atoms with Gasteiger partial charge in [0, 0.05) is 36.5 Å². The zero-order chi connectivity index (χ0) is 16.1. The fourth-order valence-electron chi connectivity index (χ4n) is 2.87. The molecule has 2 heterocycles. The van der Waals surface area contributed by atoms with Gasteiger partial charge in [-0.25, -0.2) is 9.97 Å². The molecule has 0 bridgehead atoms. The van der Waals surface area contributed by atoms with Gasteiger partial charge in [0.1, 0.15) is 0 Å². The Bertz CT molecular complexity index is 635. The van der Waals surface area contributed by atoms with Crippen molar-refractivity contribution in [2.75, 3.05) is 29.9 Å². The highest BCUT2D eigenvalue weighted by molar-refractivity contribution is 6.30. The monoisotopic (exact) mass is 332 g/mol. The second-order valence-corrected chi connectivity index (χ2v) is 6.28. The average molecular weight is 333 g/mol. The third-order valence-corrected chi connectivity index (χ3v) is 4.36. The molecular formula is C17H21ClN4O. The molecule has 122 valence electrons. The molecule has 0 amide bonds. The topological polar surface area (TPSA) is 61.3 Å². The lowest BCUT2D eigenvalue weighted by Crippen LogP contribution is -2.39. The van der Waals surface area contributed by atoms with E-state index in [1.807, 2.05) is 24.3 Å². The molecule has 2 N–H and O–H groups in total. The fourth-order valence-corrected chi connectivity index (χ4v) is 2.99. The minimum absolute atomic E-state index is 0.0507. The van der Waals surface area contributed by atoms with Crippen LogP contribution in [0.4, 0.5) is 11.6 Å². The van der Waals surface area contributed by atoms with Crippen LogP contribution in [-0.2, 0) is 6.61 Å². The maximum absolute atomic E-state index is 9.21. The van der Waals surface area contributed by atoms with Crippen molar-refractivity contribution in [1.82, 2.24) is 9.97 Å². The van der Waals surface area contributed by atoms with Crippen molar-refractivity contribution in [1.29, 1.82) is 0 Å². The highest BCUT2D eigenvalue weighted by Gasteiger charge is 2.21. The molecule has 2 aromatic rings.